The topological polar surface area (TPSA) is 38.8 Å². The third-order valence-corrected chi connectivity index (χ3v) is 1.08. The summed E-state index contributed by atoms with van der Waals surface area (Å²) < 4.78 is 0. The van der Waals surface area contributed by atoms with E-state index in [-0.39, 0.29) is 0 Å². The highest BCUT2D eigenvalue weighted by Gasteiger charge is 2.09. The van der Waals surface area contributed by atoms with Gasteiger partial charge >= 0.3 is 5.97 Å². The van der Waals surface area contributed by atoms with Gasteiger partial charge in [-0.05, 0) is 24.3 Å². The first-order valence-electron chi connectivity index (χ1n) is 3.37. The Kier molecular flexibility index (Phi) is 2.53. The molecule has 0 amide bonds. The molecule has 0 aromatic rings. The van der Waals surface area contributed by atoms with E-state index in [1.807, 2.05) is 0 Å². The van der Waals surface area contributed by atoms with Gasteiger partial charge in [-0.3, -0.25) is 0 Å². The Labute approximate surface area is 70.3 Å². The van der Waals surface area contributed by atoms with Crippen LogP contribution in [-0.4, -0.2) is 11.2 Å². The second-order valence-corrected chi connectivity index (χ2v) is 2.22. The van der Waals surface area contributed by atoms with Gasteiger partial charge in [0.2, 0.25) is 0 Å². The van der Waals surface area contributed by atoms with E-state index in [0.717, 1.165) is 5.23 Å². The van der Waals surface area contributed by atoms with Crippen molar-refractivity contribution >= 4 is 5.97 Å². The highest BCUT2D eigenvalue weighted by molar-refractivity contribution is 5.86. The van der Waals surface area contributed by atoms with Crippen LogP contribution in [0.25, 0.3) is 0 Å². The molecule has 1 heterocycles. The Morgan fingerprint density at radius 1 is 1.58 bits per heavy atom. The SMILES string of the molecule is C=C(C)C(=O)ON1C=CC=CO1. The highest BCUT2D eigenvalue weighted by Crippen LogP contribution is 2.03. The fourth-order valence-corrected chi connectivity index (χ4v) is 0.507. The number of hydrogen-bond acceptors (Lipinski definition) is 4. The Hall–Kier alpha value is -1.71. The lowest BCUT2D eigenvalue weighted by molar-refractivity contribution is -0.286. The summed E-state index contributed by atoms with van der Waals surface area (Å²) in [6, 6.07) is 0. The molecular formula is C8H9NO3. The van der Waals surface area contributed by atoms with Crippen LogP contribution in [0.15, 0.2) is 36.8 Å². The second kappa shape index (κ2) is 3.61. The van der Waals surface area contributed by atoms with Crippen molar-refractivity contribution in [3.8, 4) is 0 Å². The van der Waals surface area contributed by atoms with E-state index < -0.39 is 5.97 Å². The molecule has 0 aromatic heterocycles. The Morgan fingerprint density at radius 2 is 2.33 bits per heavy atom. The minimum atomic E-state index is -0.519. The van der Waals surface area contributed by atoms with Crippen molar-refractivity contribution in [2.75, 3.05) is 0 Å². The first-order chi connectivity index (χ1) is 5.70. The summed E-state index contributed by atoms with van der Waals surface area (Å²) in [7, 11) is 0. The van der Waals surface area contributed by atoms with Crippen molar-refractivity contribution in [1.29, 1.82) is 0 Å². The second-order valence-electron chi connectivity index (χ2n) is 2.22. The summed E-state index contributed by atoms with van der Waals surface area (Å²) >= 11 is 0. The smallest absolute Gasteiger partial charge is 0.354 e. The van der Waals surface area contributed by atoms with Crippen LogP contribution in [0.2, 0.25) is 0 Å². The van der Waals surface area contributed by atoms with Crippen LogP contribution in [0.3, 0.4) is 0 Å². The van der Waals surface area contributed by atoms with E-state index in [0.29, 0.717) is 5.57 Å². The molecule has 0 fully saturated rings. The van der Waals surface area contributed by atoms with E-state index in [2.05, 4.69) is 11.4 Å². The van der Waals surface area contributed by atoms with E-state index in [4.69, 9.17) is 4.84 Å². The molecule has 12 heavy (non-hydrogen) atoms. The van der Waals surface area contributed by atoms with Crippen LogP contribution >= 0.6 is 0 Å². The molecule has 1 aliphatic rings. The molecule has 64 valence electrons. The quantitative estimate of drug-likeness (QED) is 0.581. The number of allylic oxidation sites excluding steroid dienone is 2. The average molecular weight is 167 g/mol. The summed E-state index contributed by atoms with van der Waals surface area (Å²) in [6.45, 7) is 4.98. The lowest BCUT2D eigenvalue weighted by atomic mass is 10.4. The third kappa shape index (κ3) is 2.16. The first kappa shape index (κ1) is 8.39. The van der Waals surface area contributed by atoms with Crippen LogP contribution in [0.1, 0.15) is 6.92 Å². The summed E-state index contributed by atoms with van der Waals surface area (Å²) in [4.78, 5) is 20.4. The average Bonchev–Trinajstić information content (AvgIpc) is 2.06. The van der Waals surface area contributed by atoms with Crippen LogP contribution in [0.4, 0.5) is 0 Å². The molecule has 0 atom stereocenters. The van der Waals surface area contributed by atoms with Crippen molar-refractivity contribution in [3.05, 3.63) is 36.8 Å². The lowest BCUT2D eigenvalue weighted by Gasteiger charge is -2.17. The third-order valence-electron chi connectivity index (χ3n) is 1.08. The Morgan fingerprint density at radius 3 is 2.83 bits per heavy atom. The zero-order valence-corrected chi connectivity index (χ0v) is 6.69. The van der Waals surface area contributed by atoms with Gasteiger partial charge in [-0.1, -0.05) is 6.58 Å². The predicted octanol–water partition coefficient (Wildman–Crippen LogP) is 1.30. The summed E-state index contributed by atoms with van der Waals surface area (Å²) in [5.41, 5.74) is 0.321. The monoisotopic (exact) mass is 167 g/mol. The number of hydroxylamine groups is 2. The van der Waals surface area contributed by atoms with Crippen LogP contribution < -0.4 is 0 Å². The highest BCUT2D eigenvalue weighted by atomic mass is 17.0. The number of carbonyl (C=O) groups is 1. The van der Waals surface area contributed by atoms with Gasteiger partial charge < -0.3 is 9.68 Å². The molecule has 4 nitrogen and oxygen atoms in total. The molecule has 0 saturated heterocycles. The lowest BCUT2D eigenvalue weighted by Crippen LogP contribution is -2.22. The fourth-order valence-electron chi connectivity index (χ4n) is 0.507. The van der Waals surface area contributed by atoms with Crippen LogP contribution in [-0.2, 0) is 14.5 Å². The minimum absolute atomic E-state index is 0.321. The molecule has 4 heteroatoms. The standard InChI is InChI=1S/C8H9NO3/c1-7(2)8(10)12-9-5-3-4-6-11-9/h3-6H,1H2,2H3. The molecular weight excluding hydrogens is 158 g/mol. The van der Waals surface area contributed by atoms with Crippen molar-refractivity contribution in [3.63, 3.8) is 0 Å². The molecule has 0 radical (unpaired) electrons. The zero-order chi connectivity index (χ0) is 8.97. The number of hydrogen-bond donors (Lipinski definition) is 0. The van der Waals surface area contributed by atoms with Gasteiger partial charge in [0.15, 0.2) is 0 Å². The molecule has 0 saturated carbocycles. The predicted molar refractivity (Wildman–Crippen MR) is 42.1 cm³/mol. The van der Waals surface area contributed by atoms with Crippen molar-refractivity contribution in [1.82, 2.24) is 5.23 Å². The van der Waals surface area contributed by atoms with Gasteiger partial charge in [0, 0.05) is 5.57 Å². The summed E-state index contributed by atoms with van der Waals surface area (Å²) in [6.07, 6.45) is 6.22. The minimum Gasteiger partial charge on any atom is -0.354 e. The molecule has 1 aliphatic heterocycles. The van der Waals surface area contributed by atoms with Gasteiger partial charge in [-0.2, -0.15) is 0 Å². The fraction of sp³-hybridized carbons (Fsp3) is 0.125. The summed E-state index contributed by atoms with van der Waals surface area (Å²) in [5, 5.41) is 0.955. The van der Waals surface area contributed by atoms with Crippen molar-refractivity contribution in [2.24, 2.45) is 0 Å². The Balaban J connectivity index is 2.42. The zero-order valence-electron chi connectivity index (χ0n) is 6.69. The van der Waals surface area contributed by atoms with Gasteiger partial charge in [-0.25, -0.2) is 4.79 Å². The van der Waals surface area contributed by atoms with Gasteiger partial charge in [0.25, 0.3) is 0 Å². The van der Waals surface area contributed by atoms with E-state index >= 15 is 0 Å². The number of rotatable bonds is 2. The first-order valence-corrected chi connectivity index (χ1v) is 3.37. The maximum Gasteiger partial charge on any atom is 0.362 e. The van der Waals surface area contributed by atoms with Gasteiger partial charge in [0.1, 0.15) is 6.26 Å². The van der Waals surface area contributed by atoms with E-state index in [1.165, 1.54) is 12.5 Å². The van der Waals surface area contributed by atoms with E-state index in [1.54, 1.807) is 19.1 Å². The molecule has 1 rings (SSSR count). The Bertz CT molecular complexity index is 255. The van der Waals surface area contributed by atoms with Crippen LogP contribution in [0, 0.1) is 0 Å². The van der Waals surface area contributed by atoms with Crippen LogP contribution in [0.5, 0.6) is 0 Å². The van der Waals surface area contributed by atoms with Crippen molar-refractivity contribution in [2.45, 2.75) is 6.92 Å². The molecule has 0 bridgehead atoms. The van der Waals surface area contributed by atoms with E-state index in [9.17, 15) is 4.79 Å². The van der Waals surface area contributed by atoms with Gasteiger partial charge in [-0.15, -0.1) is 0 Å². The molecule has 0 N–H and O–H groups in total. The number of carbonyl (C=O) groups excluding carboxylic acids is 1. The van der Waals surface area contributed by atoms with Crippen molar-refractivity contribution < 1.29 is 14.5 Å². The number of nitrogens with zero attached hydrogens (tertiary/aromatic N) is 1. The maximum absolute atomic E-state index is 10.9. The van der Waals surface area contributed by atoms with Gasteiger partial charge in [0.05, 0.1) is 6.20 Å². The molecule has 0 aromatic carbocycles. The largest absolute Gasteiger partial charge is 0.362 e. The maximum atomic E-state index is 10.9. The molecule has 0 aliphatic carbocycles. The molecule has 0 spiro atoms. The normalized spacial score (nSPS) is 13.9. The molecule has 0 unspecified atom stereocenters. The summed E-state index contributed by atoms with van der Waals surface area (Å²) in [5.74, 6) is -0.519.